The lowest BCUT2D eigenvalue weighted by Gasteiger charge is -2.13. The van der Waals surface area contributed by atoms with Crippen LogP contribution in [0.1, 0.15) is 23.7 Å². The summed E-state index contributed by atoms with van der Waals surface area (Å²) in [4.78, 5) is 42.6. The number of ether oxygens (including phenoxy) is 1. The molecule has 0 saturated carbocycles. The van der Waals surface area contributed by atoms with Crippen LogP contribution in [0.25, 0.3) is 0 Å². The Morgan fingerprint density at radius 2 is 1.83 bits per heavy atom. The Balaban J connectivity index is 1.70. The summed E-state index contributed by atoms with van der Waals surface area (Å²) in [5.41, 5.74) is 1.73. The van der Waals surface area contributed by atoms with Crippen LogP contribution in [-0.4, -0.2) is 46.8 Å². The van der Waals surface area contributed by atoms with E-state index in [-0.39, 0.29) is 18.2 Å². The van der Waals surface area contributed by atoms with Gasteiger partial charge in [0.15, 0.2) is 5.17 Å². The highest BCUT2D eigenvalue weighted by atomic mass is 32.2. The Hall–Kier alpha value is -3.13. The Morgan fingerprint density at radius 1 is 1.14 bits per heavy atom. The third kappa shape index (κ3) is 5.03. The van der Waals surface area contributed by atoms with Gasteiger partial charge in [-0.25, -0.2) is 9.79 Å². The number of esters is 1. The van der Waals surface area contributed by atoms with E-state index in [0.29, 0.717) is 28.7 Å². The van der Waals surface area contributed by atoms with Crippen LogP contribution in [0.2, 0.25) is 0 Å². The summed E-state index contributed by atoms with van der Waals surface area (Å²) < 4.78 is 4.68. The molecule has 1 aliphatic heterocycles. The third-order valence-corrected chi connectivity index (χ3v) is 5.45. The van der Waals surface area contributed by atoms with Crippen molar-refractivity contribution < 1.29 is 19.1 Å². The average Bonchev–Trinajstić information content (AvgIpc) is 3.02. The van der Waals surface area contributed by atoms with E-state index >= 15 is 0 Å². The van der Waals surface area contributed by atoms with Gasteiger partial charge in [-0.15, -0.1) is 0 Å². The van der Waals surface area contributed by atoms with Gasteiger partial charge >= 0.3 is 5.97 Å². The number of carbonyl (C=O) groups is 3. The lowest BCUT2D eigenvalue weighted by molar-refractivity contribution is -0.128. The number of rotatable bonds is 6. The second kappa shape index (κ2) is 9.38. The maximum Gasteiger partial charge on any atom is 0.337 e. The van der Waals surface area contributed by atoms with Gasteiger partial charge < -0.3 is 10.1 Å². The van der Waals surface area contributed by atoms with Gasteiger partial charge in [-0.3, -0.25) is 14.5 Å². The fraction of sp³-hybridized carbons (Fsp3) is 0.238. The fourth-order valence-electron chi connectivity index (χ4n) is 2.82. The number of carbonyl (C=O) groups excluding carboxylic acids is 3. The molecule has 0 aromatic heterocycles. The Morgan fingerprint density at radius 3 is 2.45 bits per heavy atom. The zero-order chi connectivity index (χ0) is 20.8. The van der Waals surface area contributed by atoms with E-state index in [2.05, 4.69) is 15.0 Å². The molecule has 7 nitrogen and oxygen atoms in total. The first-order valence-corrected chi connectivity index (χ1v) is 9.99. The summed E-state index contributed by atoms with van der Waals surface area (Å²) in [5, 5.41) is 2.82. The second-order valence-electron chi connectivity index (χ2n) is 6.24. The first-order valence-electron chi connectivity index (χ1n) is 9.11. The average molecular weight is 411 g/mol. The molecule has 3 rings (SSSR count). The minimum atomic E-state index is -0.522. The number of anilines is 1. The Kier molecular flexibility index (Phi) is 6.66. The quantitative estimate of drug-likeness (QED) is 0.736. The van der Waals surface area contributed by atoms with Crippen LogP contribution >= 0.6 is 11.8 Å². The van der Waals surface area contributed by atoms with Crippen molar-refractivity contribution in [2.24, 2.45) is 4.99 Å². The van der Waals surface area contributed by atoms with E-state index in [0.717, 1.165) is 0 Å². The monoisotopic (exact) mass is 411 g/mol. The summed E-state index contributed by atoms with van der Waals surface area (Å²) in [6, 6.07) is 15.7. The number of amidine groups is 1. The van der Waals surface area contributed by atoms with Crippen molar-refractivity contribution in [1.82, 2.24) is 4.90 Å². The molecule has 0 unspecified atom stereocenters. The minimum Gasteiger partial charge on any atom is -0.465 e. The number of nitrogens with one attached hydrogen (secondary N) is 1. The van der Waals surface area contributed by atoms with Gasteiger partial charge in [-0.2, -0.15) is 0 Å². The van der Waals surface area contributed by atoms with Gasteiger partial charge in [0.2, 0.25) is 11.8 Å². The van der Waals surface area contributed by atoms with Crippen molar-refractivity contribution >= 4 is 46.1 Å². The zero-order valence-corrected chi connectivity index (χ0v) is 16.9. The van der Waals surface area contributed by atoms with Gasteiger partial charge in [0, 0.05) is 18.7 Å². The van der Waals surface area contributed by atoms with Crippen molar-refractivity contribution in [3.05, 3.63) is 60.2 Å². The molecular formula is C21H21N3O4S. The molecule has 1 N–H and O–H groups in total. The van der Waals surface area contributed by atoms with Crippen LogP contribution in [0.4, 0.5) is 11.4 Å². The Labute approximate surface area is 173 Å². The lowest BCUT2D eigenvalue weighted by atomic mass is 10.2. The maximum absolute atomic E-state index is 12.7. The number of aliphatic imine (C=N–C) groups is 1. The highest BCUT2D eigenvalue weighted by Gasteiger charge is 2.38. The molecule has 0 radical (unpaired) electrons. The SMILES string of the molecule is CCN1C(=O)[C@H](CC(=O)Nc2ccccc2)SC1=Nc1ccc(C(=O)OC)cc1. The molecule has 150 valence electrons. The van der Waals surface area contributed by atoms with E-state index in [9.17, 15) is 14.4 Å². The molecular weight excluding hydrogens is 390 g/mol. The highest BCUT2D eigenvalue weighted by Crippen LogP contribution is 2.31. The molecule has 0 bridgehead atoms. The van der Waals surface area contributed by atoms with Gasteiger partial charge in [0.05, 0.1) is 18.4 Å². The van der Waals surface area contributed by atoms with E-state index in [1.54, 1.807) is 41.3 Å². The molecule has 0 spiro atoms. The number of nitrogens with zero attached hydrogens (tertiary/aromatic N) is 2. The van der Waals surface area contributed by atoms with Crippen molar-refractivity contribution in [2.45, 2.75) is 18.6 Å². The van der Waals surface area contributed by atoms with E-state index in [4.69, 9.17) is 0 Å². The molecule has 0 aliphatic carbocycles. The number of hydrogen-bond acceptors (Lipinski definition) is 6. The van der Waals surface area contributed by atoms with Crippen molar-refractivity contribution in [2.75, 3.05) is 19.0 Å². The predicted molar refractivity (Wildman–Crippen MR) is 113 cm³/mol. The molecule has 2 aromatic carbocycles. The van der Waals surface area contributed by atoms with Crippen LogP contribution in [0.15, 0.2) is 59.6 Å². The third-order valence-electron chi connectivity index (χ3n) is 4.28. The molecule has 2 amide bonds. The predicted octanol–water partition coefficient (Wildman–Crippen LogP) is 3.45. The standard InChI is InChI=1S/C21H21N3O4S/c1-3-24-19(26)17(13-18(25)22-15-7-5-4-6-8-15)29-21(24)23-16-11-9-14(10-12-16)20(27)28-2/h4-12,17H,3,13H2,1-2H3,(H,22,25)/t17-/m0/s1. The summed E-state index contributed by atoms with van der Waals surface area (Å²) in [5.74, 6) is -0.776. The maximum atomic E-state index is 12.7. The summed E-state index contributed by atoms with van der Waals surface area (Å²) in [6.45, 7) is 2.32. The number of thioether (sulfide) groups is 1. The largest absolute Gasteiger partial charge is 0.465 e. The molecule has 1 heterocycles. The molecule has 29 heavy (non-hydrogen) atoms. The zero-order valence-electron chi connectivity index (χ0n) is 16.1. The molecule has 2 aromatic rings. The highest BCUT2D eigenvalue weighted by molar-refractivity contribution is 8.15. The first kappa shape index (κ1) is 20.6. The number of benzene rings is 2. The van der Waals surface area contributed by atoms with Crippen LogP contribution in [0.5, 0.6) is 0 Å². The minimum absolute atomic E-state index is 0.0647. The van der Waals surface area contributed by atoms with Crippen LogP contribution < -0.4 is 5.32 Å². The molecule has 8 heteroatoms. The molecule has 1 fully saturated rings. The van der Waals surface area contributed by atoms with E-state index in [1.807, 2.05) is 25.1 Å². The smallest absolute Gasteiger partial charge is 0.337 e. The van der Waals surface area contributed by atoms with Crippen molar-refractivity contribution in [3.8, 4) is 0 Å². The van der Waals surface area contributed by atoms with Gasteiger partial charge in [-0.05, 0) is 43.3 Å². The van der Waals surface area contributed by atoms with Crippen molar-refractivity contribution in [3.63, 3.8) is 0 Å². The number of hydrogen-bond donors (Lipinski definition) is 1. The molecule has 1 atom stereocenters. The van der Waals surface area contributed by atoms with Crippen LogP contribution in [0.3, 0.4) is 0 Å². The number of para-hydroxylation sites is 1. The van der Waals surface area contributed by atoms with E-state index < -0.39 is 11.2 Å². The van der Waals surface area contributed by atoms with Crippen LogP contribution in [0, 0.1) is 0 Å². The number of amides is 2. The van der Waals surface area contributed by atoms with Crippen molar-refractivity contribution in [1.29, 1.82) is 0 Å². The summed E-state index contributed by atoms with van der Waals surface area (Å²) in [7, 11) is 1.32. The van der Waals surface area contributed by atoms with Gasteiger partial charge in [0.25, 0.3) is 0 Å². The summed E-state index contributed by atoms with van der Waals surface area (Å²) in [6.07, 6.45) is 0.0647. The summed E-state index contributed by atoms with van der Waals surface area (Å²) >= 11 is 1.27. The molecule has 1 aliphatic rings. The molecule has 1 saturated heterocycles. The van der Waals surface area contributed by atoms with Gasteiger partial charge in [-0.1, -0.05) is 30.0 Å². The van der Waals surface area contributed by atoms with Gasteiger partial charge in [0.1, 0.15) is 5.25 Å². The van der Waals surface area contributed by atoms with E-state index in [1.165, 1.54) is 18.9 Å². The number of methoxy groups -OCH3 is 1. The fourth-order valence-corrected chi connectivity index (χ4v) is 4.04. The Bertz CT molecular complexity index is 929. The lowest BCUT2D eigenvalue weighted by Crippen LogP contribution is -2.33. The topological polar surface area (TPSA) is 88.1 Å². The normalized spacial score (nSPS) is 17.4. The second-order valence-corrected chi connectivity index (χ2v) is 7.41. The first-order chi connectivity index (χ1) is 14.0. The van der Waals surface area contributed by atoms with Crippen LogP contribution in [-0.2, 0) is 14.3 Å².